The molecule has 0 aromatic heterocycles. The van der Waals surface area contributed by atoms with Crippen molar-refractivity contribution in [1.29, 1.82) is 0 Å². The normalized spacial score (nSPS) is 23.1. The molecule has 0 heterocycles. The third-order valence-electron chi connectivity index (χ3n) is 4.33. The fourth-order valence-corrected chi connectivity index (χ4v) is 2.91. The Labute approximate surface area is 119 Å². The maximum absolute atomic E-state index is 12.0. The predicted molar refractivity (Wildman–Crippen MR) is 76.3 cm³/mol. The lowest BCUT2D eigenvalue weighted by Crippen LogP contribution is -2.29. The van der Waals surface area contributed by atoms with Gasteiger partial charge in [0.25, 0.3) is 0 Å². The Balaban J connectivity index is 1.85. The third-order valence-corrected chi connectivity index (χ3v) is 4.33. The smallest absolute Gasteiger partial charge is 0.307 e. The van der Waals surface area contributed by atoms with Crippen molar-refractivity contribution in [2.45, 2.75) is 27.2 Å². The van der Waals surface area contributed by atoms with E-state index in [1.165, 1.54) is 11.1 Å². The van der Waals surface area contributed by atoms with Gasteiger partial charge in [-0.1, -0.05) is 38.1 Å². The highest BCUT2D eigenvalue weighted by Gasteiger charge is 2.65. The van der Waals surface area contributed by atoms with Gasteiger partial charge in [-0.05, 0) is 29.9 Å². The standard InChI is InChI=1S/C16H21NO3/c1-10-6-4-5-7-11(10)8-9-17-14(18)12-13(15(19)20)16(12,2)3/h4-7,12-13H,8-9H2,1-3H3,(H,17,18)(H,19,20)/t12-,13+/m1/s1. The molecule has 2 atom stereocenters. The molecular formula is C16H21NO3. The van der Waals surface area contributed by atoms with Gasteiger partial charge in [0.05, 0.1) is 11.8 Å². The minimum atomic E-state index is -0.881. The van der Waals surface area contributed by atoms with Crippen molar-refractivity contribution >= 4 is 11.9 Å². The minimum absolute atomic E-state index is 0.143. The van der Waals surface area contributed by atoms with Crippen LogP contribution < -0.4 is 5.32 Å². The van der Waals surface area contributed by atoms with Gasteiger partial charge in [-0.3, -0.25) is 9.59 Å². The molecule has 4 nitrogen and oxygen atoms in total. The molecule has 0 spiro atoms. The lowest BCUT2D eigenvalue weighted by molar-refractivity contribution is -0.140. The molecule has 108 valence electrons. The van der Waals surface area contributed by atoms with Crippen LogP contribution in [0.4, 0.5) is 0 Å². The van der Waals surface area contributed by atoms with E-state index in [1.54, 1.807) is 0 Å². The highest BCUT2D eigenvalue weighted by atomic mass is 16.4. The van der Waals surface area contributed by atoms with E-state index in [-0.39, 0.29) is 5.91 Å². The van der Waals surface area contributed by atoms with E-state index in [4.69, 9.17) is 5.11 Å². The van der Waals surface area contributed by atoms with Crippen molar-refractivity contribution in [2.75, 3.05) is 6.54 Å². The summed E-state index contributed by atoms with van der Waals surface area (Å²) < 4.78 is 0. The van der Waals surface area contributed by atoms with E-state index in [9.17, 15) is 9.59 Å². The summed E-state index contributed by atoms with van der Waals surface area (Å²) in [5.41, 5.74) is 1.98. The number of carboxylic acids is 1. The van der Waals surface area contributed by atoms with Crippen molar-refractivity contribution < 1.29 is 14.7 Å². The zero-order valence-corrected chi connectivity index (χ0v) is 12.1. The van der Waals surface area contributed by atoms with Crippen LogP contribution in [0.1, 0.15) is 25.0 Å². The number of hydrogen-bond donors (Lipinski definition) is 2. The summed E-state index contributed by atoms with van der Waals surface area (Å²) in [6.45, 7) is 6.25. The average Bonchev–Trinajstić information content (AvgIpc) is 2.95. The second-order valence-electron chi connectivity index (χ2n) is 6.08. The minimum Gasteiger partial charge on any atom is -0.481 e. The van der Waals surface area contributed by atoms with Crippen LogP contribution in [-0.4, -0.2) is 23.5 Å². The van der Waals surface area contributed by atoms with Gasteiger partial charge in [-0.15, -0.1) is 0 Å². The molecular weight excluding hydrogens is 254 g/mol. The fourth-order valence-electron chi connectivity index (χ4n) is 2.91. The Morgan fingerprint density at radius 1 is 1.25 bits per heavy atom. The van der Waals surface area contributed by atoms with Crippen molar-refractivity contribution in [3.05, 3.63) is 35.4 Å². The first-order chi connectivity index (χ1) is 9.35. The Kier molecular flexibility index (Phi) is 3.84. The predicted octanol–water partition coefficient (Wildman–Crippen LogP) is 2.01. The number of hydrogen-bond acceptors (Lipinski definition) is 2. The summed E-state index contributed by atoms with van der Waals surface area (Å²) in [5.74, 6) is -1.98. The molecule has 1 aliphatic carbocycles. The van der Waals surface area contributed by atoms with Gasteiger partial charge in [0, 0.05) is 6.54 Å². The van der Waals surface area contributed by atoms with E-state index >= 15 is 0 Å². The number of benzene rings is 1. The summed E-state index contributed by atoms with van der Waals surface area (Å²) in [4.78, 5) is 23.1. The Morgan fingerprint density at radius 3 is 2.45 bits per heavy atom. The summed E-state index contributed by atoms with van der Waals surface area (Å²) in [6, 6.07) is 8.06. The van der Waals surface area contributed by atoms with Crippen LogP contribution in [0.2, 0.25) is 0 Å². The SMILES string of the molecule is Cc1ccccc1CCNC(=O)[C@H]1[C@@H](C(=O)O)C1(C)C. The summed E-state index contributed by atoms with van der Waals surface area (Å²) in [7, 11) is 0. The van der Waals surface area contributed by atoms with Gasteiger partial charge >= 0.3 is 5.97 Å². The number of carbonyl (C=O) groups is 2. The second-order valence-corrected chi connectivity index (χ2v) is 6.08. The van der Waals surface area contributed by atoms with Crippen molar-refractivity contribution in [3.8, 4) is 0 Å². The first-order valence-electron chi connectivity index (χ1n) is 6.90. The van der Waals surface area contributed by atoms with Crippen LogP contribution in [0.25, 0.3) is 0 Å². The Morgan fingerprint density at radius 2 is 1.90 bits per heavy atom. The number of carbonyl (C=O) groups excluding carboxylic acids is 1. The molecule has 2 N–H and O–H groups in total. The highest BCUT2D eigenvalue weighted by Crippen LogP contribution is 2.58. The molecule has 0 unspecified atom stereocenters. The molecule has 0 bridgehead atoms. The Bertz CT molecular complexity index is 536. The topological polar surface area (TPSA) is 66.4 Å². The molecule has 1 fully saturated rings. The molecule has 1 aliphatic rings. The van der Waals surface area contributed by atoms with Gasteiger partial charge in [0.2, 0.25) is 5.91 Å². The zero-order valence-electron chi connectivity index (χ0n) is 12.1. The van der Waals surface area contributed by atoms with Gasteiger partial charge < -0.3 is 10.4 Å². The maximum atomic E-state index is 12.0. The van der Waals surface area contributed by atoms with Gasteiger partial charge in [-0.25, -0.2) is 0 Å². The average molecular weight is 275 g/mol. The monoisotopic (exact) mass is 275 g/mol. The van der Waals surface area contributed by atoms with E-state index in [1.807, 2.05) is 45.0 Å². The second kappa shape index (κ2) is 5.27. The van der Waals surface area contributed by atoms with E-state index in [0.29, 0.717) is 6.54 Å². The van der Waals surface area contributed by atoms with Gasteiger partial charge in [0.15, 0.2) is 0 Å². The fraction of sp³-hybridized carbons (Fsp3) is 0.500. The van der Waals surface area contributed by atoms with E-state index < -0.39 is 23.2 Å². The van der Waals surface area contributed by atoms with Crippen molar-refractivity contribution in [3.63, 3.8) is 0 Å². The maximum Gasteiger partial charge on any atom is 0.307 e. The number of carboxylic acid groups (broad SMARTS) is 1. The summed E-state index contributed by atoms with van der Waals surface area (Å²) in [5, 5.41) is 11.9. The molecule has 4 heteroatoms. The quantitative estimate of drug-likeness (QED) is 0.864. The summed E-state index contributed by atoms with van der Waals surface area (Å²) >= 11 is 0. The van der Waals surface area contributed by atoms with Crippen LogP contribution >= 0.6 is 0 Å². The molecule has 1 aromatic rings. The Hall–Kier alpha value is -1.84. The lowest BCUT2D eigenvalue weighted by Gasteiger charge is -2.08. The molecule has 1 amide bonds. The van der Waals surface area contributed by atoms with E-state index in [2.05, 4.69) is 5.32 Å². The van der Waals surface area contributed by atoms with Crippen LogP contribution in [0.3, 0.4) is 0 Å². The summed E-state index contributed by atoms with van der Waals surface area (Å²) in [6.07, 6.45) is 0.767. The van der Waals surface area contributed by atoms with Crippen molar-refractivity contribution in [1.82, 2.24) is 5.32 Å². The number of rotatable bonds is 5. The van der Waals surface area contributed by atoms with Crippen LogP contribution in [-0.2, 0) is 16.0 Å². The molecule has 1 aromatic carbocycles. The molecule has 0 aliphatic heterocycles. The van der Waals surface area contributed by atoms with Crippen LogP contribution in [0.15, 0.2) is 24.3 Å². The molecule has 0 radical (unpaired) electrons. The number of amides is 1. The van der Waals surface area contributed by atoms with Crippen LogP contribution in [0, 0.1) is 24.2 Å². The molecule has 20 heavy (non-hydrogen) atoms. The first-order valence-corrected chi connectivity index (χ1v) is 6.90. The van der Waals surface area contributed by atoms with Gasteiger partial charge in [0.1, 0.15) is 0 Å². The van der Waals surface area contributed by atoms with Crippen molar-refractivity contribution in [2.24, 2.45) is 17.3 Å². The first kappa shape index (κ1) is 14.6. The lowest BCUT2D eigenvalue weighted by atomic mass is 10.1. The number of aryl methyl sites for hydroxylation is 1. The highest BCUT2D eigenvalue weighted by molar-refractivity contribution is 5.91. The van der Waals surface area contributed by atoms with Gasteiger partial charge in [-0.2, -0.15) is 0 Å². The van der Waals surface area contributed by atoms with E-state index in [0.717, 1.165) is 6.42 Å². The third kappa shape index (κ3) is 2.69. The number of nitrogens with one attached hydrogen (secondary N) is 1. The molecule has 0 saturated heterocycles. The molecule has 1 saturated carbocycles. The molecule has 2 rings (SSSR count). The zero-order chi connectivity index (χ0) is 14.9. The largest absolute Gasteiger partial charge is 0.481 e. The van der Waals surface area contributed by atoms with Crippen LogP contribution in [0.5, 0.6) is 0 Å². The number of aliphatic carboxylic acids is 1.